The van der Waals surface area contributed by atoms with E-state index in [9.17, 15) is 4.79 Å². The highest BCUT2D eigenvalue weighted by atomic mass is 79.9. The molecular weight excluding hydrogens is 286 g/mol. The molecule has 0 radical (unpaired) electrons. The van der Waals surface area contributed by atoms with Crippen molar-refractivity contribution < 1.29 is 5.11 Å². The summed E-state index contributed by atoms with van der Waals surface area (Å²) in [5.74, 6) is 0.625. The van der Waals surface area contributed by atoms with Gasteiger partial charge in [-0.1, -0.05) is 0 Å². The van der Waals surface area contributed by atoms with Gasteiger partial charge in [-0.15, -0.1) is 0 Å². The molecule has 2 rings (SSSR count). The Hall–Kier alpha value is -0.880. The van der Waals surface area contributed by atoms with E-state index in [0.29, 0.717) is 35.6 Å². The lowest BCUT2D eigenvalue weighted by Crippen LogP contribution is -2.25. The summed E-state index contributed by atoms with van der Waals surface area (Å²) in [5.41, 5.74) is 0.599. The number of hydrogen-bond acceptors (Lipinski definition) is 4. The SMILES string of the molecule is O=c1c(Br)c(NCCCO)cnn1CC1CC1. The number of hydrogen-bond donors (Lipinski definition) is 2. The van der Waals surface area contributed by atoms with Crippen molar-refractivity contribution in [3.8, 4) is 0 Å². The van der Waals surface area contributed by atoms with Gasteiger partial charge in [-0.25, -0.2) is 4.68 Å². The van der Waals surface area contributed by atoms with Crippen LogP contribution in [0.5, 0.6) is 0 Å². The maximum absolute atomic E-state index is 11.9. The molecule has 1 aliphatic rings. The first-order valence-corrected chi connectivity index (χ1v) is 6.62. The number of halogens is 1. The molecule has 0 spiro atoms. The highest BCUT2D eigenvalue weighted by Gasteiger charge is 2.23. The lowest BCUT2D eigenvalue weighted by molar-refractivity contribution is 0.292. The quantitative estimate of drug-likeness (QED) is 0.775. The molecule has 0 aliphatic heterocycles. The molecule has 1 fully saturated rings. The Morgan fingerprint density at radius 2 is 2.35 bits per heavy atom. The summed E-state index contributed by atoms with van der Waals surface area (Å²) < 4.78 is 2.03. The van der Waals surface area contributed by atoms with Crippen LogP contribution >= 0.6 is 15.9 Å². The van der Waals surface area contributed by atoms with Crippen LogP contribution < -0.4 is 10.9 Å². The highest BCUT2D eigenvalue weighted by Crippen LogP contribution is 2.30. The van der Waals surface area contributed by atoms with Crippen LogP contribution in [0.3, 0.4) is 0 Å². The van der Waals surface area contributed by atoms with E-state index in [1.54, 1.807) is 6.20 Å². The summed E-state index contributed by atoms with van der Waals surface area (Å²) in [5, 5.41) is 15.9. The van der Waals surface area contributed by atoms with Crippen LogP contribution in [0.25, 0.3) is 0 Å². The highest BCUT2D eigenvalue weighted by molar-refractivity contribution is 9.10. The lowest BCUT2D eigenvalue weighted by atomic mass is 10.4. The summed E-state index contributed by atoms with van der Waals surface area (Å²) in [4.78, 5) is 11.9. The van der Waals surface area contributed by atoms with Crippen molar-refractivity contribution in [3.63, 3.8) is 0 Å². The van der Waals surface area contributed by atoms with Crippen LogP contribution in [0.2, 0.25) is 0 Å². The van der Waals surface area contributed by atoms with Gasteiger partial charge in [0.05, 0.1) is 11.9 Å². The van der Waals surface area contributed by atoms with E-state index in [4.69, 9.17) is 5.11 Å². The molecule has 1 saturated carbocycles. The largest absolute Gasteiger partial charge is 0.396 e. The van der Waals surface area contributed by atoms with E-state index in [0.717, 1.165) is 0 Å². The fourth-order valence-corrected chi connectivity index (χ4v) is 2.01. The molecule has 6 heteroatoms. The van der Waals surface area contributed by atoms with Crippen molar-refractivity contribution in [2.45, 2.75) is 25.8 Å². The minimum Gasteiger partial charge on any atom is -0.396 e. The molecule has 2 N–H and O–H groups in total. The second-order valence-electron chi connectivity index (χ2n) is 4.31. The zero-order valence-corrected chi connectivity index (χ0v) is 11.1. The third kappa shape index (κ3) is 3.29. The number of aromatic nitrogens is 2. The average molecular weight is 302 g/mol. The Bertz CT molecular complexity index is 443. The van der Waals surface area contributed by atoms with Crippen molar-refractivity contribution in [1.29, 1.82) is 0 Å². The minimum absolute atomic E-state index is 0.0918. The summed E-state index contributed by atoms with van der Waals surface area (Å²) >= 11 is 3.30. The van der Waals surface area contributed by atoms with E-state index < -0.39 is 0 Å². The fraction of sp³-hybridized carbons (Fsp3) is 0.636. The van der Waals surface area contributed by atoms with E-state index in [-0.39, 0.29) is 12.2 Å². The first-order valence-electron chi connectivity index (χ1n) is 5.82. The van der Waals surface area contributed by atoms with Gasteiger partial charge in [-0.05, 0) is 41.1 Å². The summed E-state index contributed by atoms with van der Waals surface area (Å²) in [6, 6.07) is 0. The molecular formula is C11H16BrN3O2. The monoisotopic (exact) mass is 301 g/mol. The number of aliphatic hydroxyl groups is 1. The Morgan fingerprint density at radius 3 is 3.00 bits per heavy atom. The van der Waals surface area contributed by atoms with Crippen LogP contribution in [0.1, 0.15) is 19.3 Å². The lowest BCUT2D eigenvalue weighted by Gasteiger charge is -2.09. The van der Waals surface area contributed by atoms with Gasteiger partial charge >= 0.3 is 0 Å². The molecule has 5 nitrogen and oxygen atoms in total. The second kappa shape index (κ2) is 5.64. The fourth-order valence-electron chi connectivity index (χ4n) is 1.57. The van der Waals surface area contributed by atoms with Crippen LogP contribution in [0.4, 0.5) is 5.69 Å². The molecule has 0 aromatic carbocycles. The van der Waals surface area contributed by atoms with E-state index >= 15 is 0 Å². The molecule has 17 heavy (non-hydrogen) atoms. The third-order valence-corrected chi connectivity index (χ3v) is 3.53. The molecule has 1 aromatic rings. The molecule has 0 unspecified atom stereocenters. The number of nitrogens with one attached hydrogen (secondary N) is 1. The van der Waals surface area contributed by atoms with Crippen LogP contribution in [-0.4, -0.2) is 28.0 Å². The summed E-state index contributed by atoms with van der Waals surface area (Å²) in [6.07, 6.45) is 4.70. The standard InChI is InChI=1S/C11H16BrN3O2/c12-10-9(13-4-1-5-16)6-14-15(11(10)17)7-8-2-3-8/h6,8,13,16H,1-5,7H2. The molecule has 0 bridgehead atoms. The maximum Gasteiger partial charge on any atom is 0.283 e. The first kappa shape index (κ1) is 12.6. The van der Waals surface area contributed by atoms with Gasteiger partial charge in [0, 0.05) is 19.7 Å². The van der Waals surface area contributed by atoms with Crippen molar-refractivity contribution >= 4 is 21.6 Å². The average Bonchev–Trinajstić information content (AvgIpc) is 3.12. The van der Waals surface area contributed by atoms with Crippen molar-refractivity contribution in [2.24, 2.45) is 5.92 Å². The Kier molecular flexibility index (Phi) is 4.17. The summed E-state index contributed by atoms with van der Waals surface area (Å²) in [6.45, 7) is 1.48. The molecule has 0 atom stereocenters. The van der Waals surface area contributed by atoms with Gasteiger partial charge in [0.25, 0.3) is 5.56 Å². The zero-order valence-electron chi connectivity index (χ0n) is 9.53. The smallest absolute Gasteiger partial charge is 0.283 e. The maximum atomic E-state index is 11.9. The summed E-state index contributed by atoms with van der Waals surface area (Å²) in [7, 11) is 0. The first-order chi connectivity index (χ1) is 8.22. The Balaban J connectivity index is 2.08. The normalized spacial score (nSPS) is 14.9. The van der Waals surface area contributed by atoms with Crippen molar-refractivity contribution in [3.05, 3.63) is 21.0 Å². The van der Waals surface area contributed by atoms with Crippen LogP contribution in [0.15, 0.2) is 15.5 Å². The molecule has 1 heterocycles. The molecule has 1 aromatic heterocycles. The zero-order chi connectivity index (χ0) is 12.3. The molecule has 0 amide bonds. The van der Waals surface area contributed by atoms with Gasteiger partial charge in [0.1, 0.15) is 4.47 Å². The topological polar surface area (TPSA) is 67.2 Å². The van der Waals surface area contributed by atoms with Crippen LogP contribution in [-0.2, 0) is 6.54 Å². The van der Waals surface area contributed by atoms with E-state index in [2.05, 4.69) is 26.3 Å². The Labute approximate surface area is 108 Å². The number of rotatable bonds is 6. The second-order valence-corrected chi connectivity index (χ2v) is 5.10. The van der Waals surface area contributed by atoms with E-state index in [1.807, 2.05) is 0 Å². The number of nitrogens with zero attached hydrogens (tertiary/aromatic N) is 2. The third-order valence-electron chi connectivity index (χ3n) is 2.76. The van der Waals surface area contributed by atoms with Gasteiger partial charge in [-0.3, -0.25) is 4.79 Å². The van der Waals surface area contributed by atoms with Crippen molar-refractivity contribution in [2.75, 3.05) is 18.5 Å². The van der Waals surface area contributed by atoms with Crippen molar-refractivity contribution in [1.82, 2.24) is 9.78 Å². The molecule has 1 aliphatic carbocycles. The number of anilines is 1. The minimum atomic E-state index is -0.0918. The number of aliphatic hydroxyl groups excluding tert-OH is 1. The molecule has 94 valence electrons. The Morgan fingerprint density at radius 1 is 1.59 bits per heavy atom. The van der Waals surface area contributed by atoms with Gasteiger partial charge in [-0.2, -0.15) is 5.10 Å². The van der Waals surface area contributed by atoms with Crippen LogP contribution in [0, 0.1) is 5.92 Å². The van der Waals surface area contributed by atoms with Gasteiger partial charge in [0.15, 0.2) is 0 Å². The molecule has 0 saturated heterocycles. The predicted molar refractivity (Wildman–Crippen MR) is 69.1 cm³/mol. The predicted octanol–water partition coefficient (Wildman–Crippen LogP) is 1.21. The van der Waals surface area contributed by atoms with E-state index in [1.165, 1.54) is 17.5 Å². The van der Waals surface area contributed by atoms with Gasteiger partial charge in [0.2, 0.25) is 0 Å². The van der Waals surface area contributed by atoms with Gasteiger partial charge < -0.3 is 10.4 Å².